The van der Waals surface area contributed by atoms with Gasteiger partial charge in [-0.2, -0.15) is 4.31 Å². The Morgan fingerprint density at radius 3 is 2.48 bits per heavy atom. The molecule has 134 valence electrons. The lowest BCUT2D eigenvalue weighted by molar-refractivity contribution is 0.0991. The summed E-state index contributed by atoms with van der Waals surface area (Å²) >= 11 is 6.00. The number of anilines is 1. The molecule has 0 spiro atoms. The van der Waals surface area contributed by atoms with E-state index < -0.39 is 15.9 Å². The molecule has 1 aromatic carbocycles. The Bertz CT molecular complexity index is 873. The molecule has 7 nitrogen and oxygen atoms in total. The first-order chi connectivity index (χ1) is 11.9. The summed E-state index contributed by atoms with van der Waals surface area (Å²) in [6.07, 6.45) is 0. The number of furan rings is 1. The maximum Gasteiger partial charge on any atom is 0.291 e. The Kier molecular flexibility index (Phi) is 5.14. The van der Waals surface area contributed by atoms with E-state index in [1.807, 2.05) is 7.05 Å². The van der Waals surface area contributed by atoms with Crippen LogP contribution in [0.2, 0.25) is 5.02 Å². The van der Waals surface area contributed by atoms with E-state index in [0.717, 1.165) is 0 Å². The number of nitrogens with one attached hydrogen (secondary N) is 1. The maximum absolute atomic E-state index is 12.6. The fourth-order valence-electron chi connectivity index (χ4n) is 2.48. The van der Waals surface area contributed by atoms with Gasteiger partial charge in [0.05, 0.1) is 10.7 Å². The SMILES string of the molecule is CN1CCN(S(=O)(=O)c2ccc(C(=O)Nc3ccccc3Cl)o2)CC1. The van der Waals surface area contributed by atoms with Gasteiger partial charge in [-0.15, -0.1) is 0 Å². The van der Waals surface area contributed by atoms with Gasteiger partial charge in [0, 0.05) is 26.2 Å². The van der Waals surface area contributed by atoms with E-state index in [4.69, 9.17) is 16.0 Å². The first-order valence-corrected chi connectivity index (χ1v) is 9.54. The predicted molar refractivity (Wildman–Crippen MR) is 94.4 cm³/mol. The van der Waals surface area contributed by atoms with Crippen molar-refractivity contribution in [1.82, 2.24) is 9.21 Å². The molecule has 1 aromatic heterocycles. The minimum Gasteiger partial charge on any atom is -0.438 e. The van der Waals surface area contributed by atoms with Gasteiger partial charge in [0.25, 0.3) is 15.9 Å². The molecule has 25 heavy (non-hydrogen) atoms. The van der Waals surface area contributed by atoms with Crippen molar-refractivity contribution < 1.29 is 17.6 Å². The third-order valence-electron chi connectivity index (χ3n) is 3.98. The maximum atomic E-state index is 12.6. The molecular formula is C16H18ClN3O4S. The van der Waals surface area contributed by atoms with Crippen molar-refractivity contribution in [3.8, 4) is 0 Å². The molecule has 1 amide bonds. The molecule has 3 rings (SSSR count). The number of hydrogen-bond acceptors (Lipinski definition) is 5. The molecule has 0 atom stereocenters. The van der Waals surface area contributed by atoms with Crippen molar-refractivity contribution in [3.63, 3.8) is 0 Å². The number of nitrogens with zero attached hydrogens (tertiary/aromatic N) is 2. The number of piperazine rings is 1. The second-order valence-corrected chi connectivity index (χ2v) is 8.04. The number of carbonyl (C=O) groups is 1. The molecule has 1 N–H and O–H groups in total. The lowest BCUT2D eigenvalue weighted by atomic mass is 10.3. The van der Waals surface area contributed by atoms with Crippen LogP contribution < -0.4 is 5.32 Å². The van der Waals surface area contributed by atoms with E-state index in [1.165, 1.54) is 16.4 Å². The quantitative estimate of drug-likeness (QED) is 0.874. The summed E-state index contributed by atoms with van der Waals surface area (Å²) < 4.78 is 31.9. The number of likely N-dealkylation sites (N-methyl/N-ethyl adjacent to an activating group) is 1. The summed E-state index contributed by atoms with van der Waals surface area (Å²) in [4.78, 5) is 14.3. The number of amides is 1. The zero-order valence-electron chi connectivity index (χ0n) is 13.6. The molecule has 2 heterocycles. The Balaban J connectivity index is 1.75. The highest BCUT2D eigenvalue weighted by molar-refractivity contribution is 7.89. The van der Waals surface area contributed by atoms with Crippen LogP contribution in [-0.4, -0.2) is 56.8 Å². The van der Waals surface area contributed by atoms with E-state index >= 15 is 0 Å². The van der Waals surface area contributed by atoms with Crippen LogP contribution >= 0.6 is 11.6 Å². The van der Waals surface area contributed by atoms with Gasteiger partial charge in [0.2, 0.25) is 5.09 Å². The fourth-order valence-corrected chi connectivity index (χ4v) is 4.00. The van der Waals surface area contributed by atoms with Crippen LogP contribution in [0, 0.1) is 0 Å². The van der Waals surface area contributed by atoms with Gasteiger partial charge in [-0.05, 0) is 31.3 Å². The minimum absolute atomic E-state index is 0.0902. The van der Waals surface area contributed by atoms with Crippen LogP contribution in [0.5, 0.6) is 0 Å². The first kappa shape index (κ1) is 17.9. The summed E-state index contributed by atoms with van der Waals surface area (Å²) in [5.41, 5.74) is 0.425. The number of rotatable bonds is 4. The fraction of sp³-hybridized carbons (Fsp3) is 0.312. The van der Waals surface area contributed by atoms with E-state index in [0.29, 0.717) is 36.9 Å². The summed E-state index contributed by atoms with van der Waals surface area (Å²) in [5.74, 6) is -0.652. The average molecular weight is 384 g/mol. The zero-order valence-corrected chi connectivity index (χ0v) is 15.2. The van der Waals surface area contributed by atoms with Crippen LogP contribution in [0.3, 0.4) is 0 Å². The van der Waals surface area contributed by atoms with E-state index in [-0.39, 0.29) is 10.9 Å². The van der Waals surface area contributed by atoms with Crippen LogP contribution in [0.1, 0.15) is 10.6 Å². The number of hydrogen-bond donors (Lipinski definition) is 1. The second kappa shape index (κ2) is 7.17. The monoisotopic (exact) mass is 383 g/mol. The van der Waals surface area contributed by atoms with Crippen molar-refractivity contribution >= 4 is 33.2 Å². The molecule has 0 saturated carbocycles. The summed E-state index contributed by atoms with van der Waals surface area (Å²) in [7, 11) is -1.81. The molecule has 0 radical (unpaired) electrons. The average Bonchev–Trinajstić information content (AvgIpc) is 3.08. The Morgan fingerprint density at radius 1 is 1.12 bits per heavy atom. The summed E-state index contributed by atoms with van der Waals surface area (Å²) in [5, 5.41) is 2.74. The number of carbonyl (C=O) groups excluding carboxylic acids is 1. The third-order valence-corrected chi connectivity index (χ3v) is 6.09. The summed E-state index contributed by atoms with van der Waals surface area (Å²) in [6.45, 7) is 2.08. The molecule has 0 aliphatic carbocycles. The van der Waals surface area contributed by atoms with Crippen LogP contribution in [0.4, 0.5) is 5.69 Å². The molecule has 0 unspecified atom stereocenters. The number of benzene rings is 1. The minimum atomic E-state index is -3.75. The largest absolute Gasteiger partial charge is 0.438 e. The van der Waals surface area contributed by atoms with Gasteiger partial charge in [-0.25, -0.2) is 8.42 Å². The van der Waals surface area contributed by atoms with Crippen molar-refractivity contribution in [2.24, 2.45) is 0 Å². The Hall–Kier alpha value is -1.87. The highest BCUT2D eigenvalue weighted by atomic mass is 35.5. The Morgan fingerprint density at radius 2 is 1.80 bits per heavy atom. The molecule has 1 saturated heterocycles. The molecule has 1 aliphatic rings. The molecule has 2 aromatic rings. The Labute approximate surface area is 151 Å². The number of para-hydroxylation sites is 1. The van der Waals surface area contributed by atoms with Crippen molar-refractivity contribution in [2.45, 2.75) is 5.09 Å². The summed E-state index contributed by atoms with van der Waals surface area (Å²) in [6, 6.07) is 9.40. The number of sulfonamides is 1. The van der Waals surface area contributed by atoms with E-state index in [2.05, 4.69) is 10.2 Å². The van der Waals surface area contributed by atoms with E-state index in [1.54, 1.807) is 24.3 Å². The van der Waals surface area contributed by atoms with Gasteiger partial charge >= 0.3 is 0 Å². The first-order valence-electron chi connectivity index (χ1n) is 7.72. The highest BCUT2D eigenvalue weighted by Crippen LogP contribution is 2.23. The topological polar surface area (TPSA) is 82.9 Å². The normalized spacial score (nSPS) is 16.7. The highest BCUT2D eigenvalue weighted by Gasteiger charge is 2.30. The van der Waals surface area contributed by atoms with Gasteiger partial charge in [-0.3, -0.25) is 4.79 Å². The third kappa shape index (κ3) is 3.87. The smallest absolute Gasteiger partial charge is 0.291 e. The molecular weight excluding hydrogens is 366 g/mol. The molecule has 0 bridgehead atoms. The van der Waals surface area contributed by atoms with Crippen molar-refractivity contribution in [3.05, 3.63) is 47.2 Å². The van der Waals surface area contributed by atoms with Crippen LogP contribution in [0.25, 0.3) is 0 Å². The molecule has 1 fully saturated rings. The number of halogens is 1. The van der Waals surface area contributed by atoms with E-state index in [9.17, 15) is 13.2 Å². The lowest BCUT2D eigenvalue weighted by Crippen LogP contribution is -2.46. The van der Waals surface area contributed by atoms with Gasteiger partial charge in [0.1, 0.15) is 0 Å². The van der Waals surface area contributed by atoms with Crippen molar-refractivity contribution in [1.29, 1.82) is 0 Å². The van der Waals surface area contributed by atoms with Crippen molar-refractivity contribution in [2.75, 3.05) is 38.5 Å². The van der Waals surface area contributed by atoms with Gasteiger partial charge in [-0.1, -0.05) is 23.7 Å². The van der Waals surface area contributed by atoms with Gasteiger partial charge in [0.15, 0.2) is 5.76 Å². The zero-order chi connectivity index (χ0) is 18.0. The van der Waals surface area contributed by atoms with Crippen LogP contribution in [0.15, 0.2) is 45.9 Å². The van der Waals surface area contributed by atoms with Gasteiger partial charge < -0.3 is 14.6 Å². The standard InChI is InChI=1S/C16H18ClN3O4S/c1-19-8-10-20(11-9-19)25(22,23)15-7-6-14(24-15)16(21)18-13-5-3-2-4-12(13)17/h2-7H,8-11H2,1H3,(H,18,21). The predicted octanol–water partition coefficient (Wildman–Crippen LogP) is 2.12. The molecule has 9 heteroatoms. The molecule has 1 aliphatic heterocycles. The second-order valence-electron chi connectivity index (χ2n) is 5.76. The lowest BCUT2D eigenvalue weighted by Gasteiger charge is -2.30. The van der Waals surface area contributed by atoms with Crippen LogP contribution in [-0.2, 0) is 10.0 Å².